The highest BCUT2D eigenvalue weighted by molar-refractivity contribution is 7.80. The molecule has 140 valence electrons. The average Bonchev–Trinajstić information content (AvgIpc) is 2.38. The predicted molar refractivity (Wildman–Crippen MR) is 77.1 cm³/mol. The van der Waals surface area contributed by atoms with Crippen molar-refractivity contribution < 1.29 is 35.5 Å². The molecular formula is C14H23F7OS. The van der Waals surface area contributed by atoms with Gasteiger partial charge in [0.15, 0.2) is 0 Å². The third-order valence-electron chi connectivity index (χ3n) is 3.32. The van der Waals surface area contributed by atoms with E-state index in [1.165, 1.54) is 0 Å². The van der Waals surface area contributed by atoms with Gasteiger partial charge in [0.2, 0.25) is 0 Å². The zero-order valence-electron chi connectivity index (χ0n) is 12.8. The fraction of sp³-hybridized carbons (Fsp3) is 1.00. The maximum atomic E-state index is 13.1. The Bertz CT molecular complexity index is 308. The first-order valence-electron chi connectivity index (χ1n) is 7.65. The van der Waals surface area contributed by atoms with E-state index in [-0.39, 0.29) is 12.8 Å². The van der Waals surface area contributed by atoms with Crippen LogP contribution in [-0.4, -0.2) is 24.1 Å². The maximum absolute atomic E-state index is 13.1. The van der Waals surface area contributed by atoms with Crippen LogP contribution in [0.5, 0.6) is 0 Å². The van der Waals surface area contributed by atoms with Crippen molar-refractivity contribution in [3.63, 3.8) is 0 Å². The first kappa shape index (κ1) is 22.8. The monoisotopic (exact) mass is 372 g/mol. The zero-order valence-corrected chi connectivity index (χ0v) is 13.7. The van der Waals surface area contributed by atoms with Crippen LogP contribution >= 0.6 is 12.6 Å². The van der Waals surface area contributed by atoms with Crippen molar-refractivity contribution in [3.05, 3.63) is 0 Å². The van der Waals surface area contributed by atoms with E-state index in [1.807, 2.05) is 0 Å². The molecule has 0 saturated carbocycles. The second-order valence-corrected chi connectivity index (χ2v) is 5.87. The molecule has 0 amide bonds. The van der Waals surface area contributed by atoms with E-state index in [9.17, 15) is 30.7 Å². The molecule has 0 unspecified atom stereocenters. The van der Waals surface area contributed by atoms with Crippen LogP contribution in [0.15, 0.2) is 0 Å². The number of ether oxygens (including phenoxy) is 1. The zero-order chi connectivity index (χ0) is 18.0. The molecule has 0 bridgehead atoms. The molecule has 23 heavy (non-hydrogen) atoms. The fourth-order valence-electron chi connectivity index (χ4n) is 2.06. The molecule has 9 heteroatoms. The third-order valence-corrected chi connectivity index (χ3v) is 3.63. The van der Waals surface area contributed by atoms with Gasteiger partial charge < -0.3 is 0 Å². The van der Waals surface area contributed by atoms with E-state index in [1.54, 1.807) is 0 Å². The number of rotatable bonds is 13. The Labute approximate surface area is 137 Å². The van der Waals surface area contributed by atoms with Crippen LogP contribution in [0.2, 0.25) is 0 Å². The SMILES string of the molecule is FC(F)(F)OC(F)(F)C(F)(F)CCCCCCCCCCCS. The summed E-state index contributed by atoms with van der Waals surface area (Å²) in [5.74, 6) is -3.99. The van der Waals surface area contributed by atoms with Crippen molar-refractivity contribution in [2.45, 2.75) is 82.6 Å². The summed E-state index contributed by atoms with van der Waals surface area (Å²) in [6.07, 6.45) is -6.15. The fourth-order valence-corrected chi connectivity index (χ4v) is 2.29. The van der Waals surface area contributed by atoms with Crippen molar-refractivity contribution >= 4 is 12.6 Å². The quantitative estimate of drug-likeness (QED) is 0.218. The number of thiol groups is 1. The highest BCUT2D eigenvalue weighted by atomic mass is 32.1. The summed E-state index contributed by atoms with van der Waals surface area (Å²) in [5, 5.41) is 0. The number of alkyl halides is 7. The van der Waals surface area contributed by atoms with E-state index in [2.05, 4.69) is 17.4 Å². The van der Waals surface area contributed by atoms with Crippen LogP contribution in [-0.2, 0) is 4.74 Å². The van der Waals surface area contributed by atoms with Gasteiger partial charge in [-0.05, 0) is 18.6 Å². The first-order valence-corrected chi connectivity index (χ1v) is 8.28. The predicted octanol–water partition coefficient (Wildman–Crippen LogP) is 6.58. The van der Waals surface area contributed by atoms with E-state index >= 15 is 0 Å². The molecular weight excluding hydrogens is 349 g/mol. The van der Waals surface area contributed by atoms with Crippen LogP contribution < -0.4 is 0 Å². The van der Waals surface area contributed by atoms with Gasteiger partial charge in [0.25, 0.3) is 0 Å². The smallest absolute Gasteiger partial charge is 0.221 e. The minimum absolute atomic E-state index is 0.272. The van der Waals surface area contributed by atoms with Crippen molar-refractivity contribution in [2.24, 2.45) is 0 Å². The molecule has 0 radical (unpaired) electrons. The van der Waals surface area contributed by atoms with E-state index in [4.69, 9.17) is 0 Å². The molecule has 0 N–H and O–H groups in total. The standard InChI is InChI=1S/C14H23F7OS/c15-12(16,13(17,18)22-14(19,20)21)10-8-6-4-2-1-3-5-7-9-11-23/h23H,1-11H2. The largest absolute Gasteiger partial charge is 0.527 e. The summed E-state index contributed by atoms with van der Waals surface area (Å²) >= 11 is 4.08. The highest BCUT2D eigenvalue weighted by Crippen LogP contribution is 2.42. The second kappa shape index (κ2) is 10.6. The van der Waals surface area contributed by atoms with Crippen LogP contribution in [0.4, 0.5) is 30.7 Å². The first-order chi connectivity index (χ1) is 10.5. The van der Waals surface area contributed by atoms with Crippen molar-refractivity contribution in [1.29, 1.82) is 0 Å². The minimum Gasteiger partial charge on any atom is -0.221 e. The van der Waals surface area contributed by atoms with Gasteiger partial charge in [0.1, 0.15) is 0 Å². The van der Waals surface area contributed by atoms with Gasteiger partial charge in [-0.15, -0.1) is 13.2 Å². The summed E-state index contributed by atoms with van der Waals surface area (Å²) in [6.45, 7) is 0. The Balaban J connectivity index is 3.81. The van der Waals surface area contributed by atoms with Crippen LogP contribution in [0.3, 0.4) is 0 Å². The molecule has 0 aromatic carbocycles. The minimum atomic E-state index is -5.81. The molecule has 0 aliphatic heterocycles. The maximum Gasteiger partial charge on any atom is 0.527 e. The Morgan fingerprint density at radius 3 is 1.39 bits per heavy atom. The van der Waals surface area contributed by atoms with Crippen molar-refractivity contribution in [2.75, 3.05) is 5.75 Å². The molecule has 0 atom stereocenters. The summed E-state index contributed by atoms with van der Waals surface area (Å²) in [6, 6.07) is 0. The van der Waals surface area contributed by atoms with Gasteiger partial charge in [-0.3, -0.25) is 0 Å². The molecule has 0 spiro atoms. The van der Waals surface area contributed by atoms with Gasteiger partial charge in [0.05, 0.1) is 0 Å². The molecule has 0 fully saturated rings. The van der Waals surface area contributed by atoms with Gasteiger partial charge in [-0.2, -0.15) is 30.2 Å². The van der Waals surface area contributed by atoms with Gasteiger partial charge in [0, 0.05) is 6.42 Å². The van der Waals surface area contributed by atoms with Crippen LogP contribution in [0.1, 0.15) is 64.2 Å². The number of halogens is 7. The summed E-state index contributed by atoms with van der Waals surface area (Å²) in [5.41, 5.74) is 0. The van der Waals surface area contributed by atoms with Crippen molar-refractivity contribution in [3.8, 4) is 0 Å². The normalized spacial score (nSPS) is 13.6. The number of hydrogen-bond donors (Lipinski definition) is 1. The average molecular weight is 372 g/mol. The lowest BCUT2D eigenvalue weighted by molar-refractivity contribution is -0.466. The number of hydrogen-bond acceptors (Lipinski definition) is 2. The molecule has 1 nitrogen and oxygen atoms in total. The van der Waals surface area contributed by atoms with E-state index in [0.717, 1.165) is 44.3 Å². The molecule has 0 aliphatic carbocycles. The lowest BCUT2D eigenvalue weighted by atomic mass is 10.0. The van der Waals surface area contributed by atoms with E-state index in [0.29, 0.717) is 6.42 Å². The third kappa shape index (κ3) is 11.1. The van der Waals surface area contributed by atoms with Gasteiger partial charge in [-0.1, -0.05) is 44.9 Å². The topological polar surface area (TPSA) is 9.23 Å². The van der Waals surface area contributed by atoms with Crippen molar-refractivity contribution in [1.82, 2.24) is 0 Å². The van der Waals surface area contributed by atoms with Gasteiger partial charge in [-0.25, -0.2) is 4.74 Å². The molecule has 0 heterocycles. The lowest BCUT2D eigenvalue weighted by Crippen LogP contribution is -2.46. The Kier molecular flexibility index (Phi) is 10.6. The van der Waals surface area contributed by atoms with Crippen LogP contribution in [0.25, 0.3) is 0 Å². The molecule has 0 aromatic rings. The Morgan fingerprint density at radius 1 is 0.609 bits per heavy atom. The molecule has 0 rings (SSSR count). The lowest BCUT2D eigenvalue weighted by Gasteiger charge is -2.26. The van der Waals surface area contributed by atoms with Gasteiger partial charge >= 0.3 is 18.4 Å². The Hall–Kier alpha value is -0.180. The summed E-state index contributed by atoms with van der Waals surface area (Å²) in [7, 11) is 0. The summed E-state index contributed by atoms with van der Waals surface area (Å²) in [4.78, 5) is 0. The molecule has 0 aromatic heterocycles. The van der Waals surface area contributed by atoms with E-state index < -0.39 is 24.8 Å². The van der Waals surface area contributed by atoms with Crippen LogP contribution in [0, 0.1) is 0 Å². The Morgan fingerprint density at radius 2 is 1.00 bits per heavy atom. The number of unbranched alkanes of at least 4 members (excludes halogenated alkanes) is 8. The second-order valence-electron chi connectivity index (χ2n) is 5.42. The summed E-state index contributed by atoms with van der Waals surface area (Å²) < 4.78 is 89.0. The highest BCUT2D eigenvalue weighted by Gasteiger charge is 2.62. The molecule has 0 saturated heterocycles. The molecule has 0 aliphatic rings.